The summed E-state index contributed by atoms with van der Waals surface area (Å²) in [6.45, 7) is 0.844. The molecule has 1 amide bonds. The van der Waals surface area contributed by atoms with Gasteiger partial charge in [0.2, 0.25) is 5.91 Å². The van der Waals surface area contributed by atoms with Gasteiger partial charge in [-0.1, -0.05) is 23.9 Å². The molecule has 1 fully saturated rings. The average molecular weight is 247 g/mol. The van der Waals surface area contributed by atoms with Crippen molar-refractivity contribution in [3.05, 3.63) is 24.3 Å². The quantitative estimate of drug-likeness (QED) is 0.881. The predicted molar refractivity (Wildman–Crippen MR) is 68.0 cm³/mol. The number of nitrogens with one attached hydrogen (secondary N) is 1. The fraction of sp³-hybridized carbons (Fsp3) is 0.333. The highest BCUT2D eigenvalue weighted by atomic mass is 32.2. The van der Waals surface area contributed by atoms with E-state index in [-0.39, 0.29) is 11.2 Å². The second kappa shape index (κ2) is 4.07. The van der Waals surface area contributed by atoms with Gasteiger partial charge in [0.1, 0.15) is 0 Å². The number of thioether (sulfide) groups is 1. The number of fused-ring (bicyclic) bond motifs is 1. The van der Waals surface area contributed by atoms with Gasteiger partial charge in [-0.3, -0.25) is 4.79 Å². The number of rotatable bonds is 2. The number of carbonyl (C=O) groups is 1. The molecule has 0 radical (unpaired) electrons. The van der Waals surface area contributed by atoms with Gasteiger partial charge in [-0.05, 0) is 18.6 Å². The largest absolute Gasteiger partial charge is 0.345 e. The number of hydrogen-bond acceptors (Lipinski definition) is 3. The molecule has 17 heavy (non-hydrogen) atoms. The molecule has 3 rings (SSSR count). The molecule has 1 aromatic heterocycles. The van der Waals surface area contributed by atoms with E-state index in [0.29, 0.717) is 0 Å². The Labute approximate surface area is 103 Å². The molecule has 1 unspecified atom stereocenters. The maximum atomic E-state index is 11.8. The molecule has 0 bridgehead atoms. The summed E-state index contributed by atoms with van der Waals surface area (Å²) in [6, 6.07) is 7.91. The van der Waals surface area contributed by atoms with Crippen molar-refractivity contribution < 1.29 is 4.79 Å². The normalized spacial score (nSPS) is 20.4. The second-order valence-electron chi connectivity index (χ2n) is 4.21. The van der Waals surface area contributed by atoms with E-state index in [1.165, 1.54) is 11.8 Å². The van der Waals surface area contributed by atoms with Crippen molar-refractivity contribution in [3.8, 4) is 0 Å². The highest BCUT2D eigenvalue weighted by Gasteiger charge is 2.30. The lowest BCUT2D eigenvalue weighted by Gasteiger charge is -2.07. The topological polar surface area (TPSA) is 49.0 Å². The molecular formula is C12H13N3OS. The first-order valence-corrected chi connectivity index (χ1v) is 6.48. The molecule has 1 saturated heterocycles. The summed E-state index contributed by atoms with van der Waals surface area (Å²) in [5, 5.41) is 0.848. The molecule has 5 heteroatoms. The lowest BCUT2D eigenvalue weighted by atomic mass is 10.3. The van der Waals surface area contributed by atoms with Crippen molar-refractivity contribution in [3.63, 3.8) is 0 Å². The smallest absolute Gasteiger partial charge is 0.235 e. The first-order valence-electron chi connectivity index (χ1n) is 5.60. The molecule has 1 aliphatic rings. The maximum Gasteiger partial charge on any atom is 0.235 e. The summed E-state index contributed by atoms with van der Waals surface area (Å²) < 4.78 is 0. The minimum absolute atomic E-state index is 0.0144. The van der Waals surface area contributed by atoms with Crippen molar-refractivity contribution >= 4 is 28.7 Å². The van der Waals surface area contributed by atoms with Crippen LogP contribution in [0.1, 0.15) is 6.42 Å². The second-order valence-corrected chi connectivity index (χ2v) is 5.41. The van der Waals surface area contributed by atoms with Crippen LogP contribution in [-0.4, -0.2) is 39.6 Å². The Hall–Kier alpha value is -1.49. The number of benzene rings is 1. The van der Waals surface area contributed by atoms with Crippen LogP contribution >= 0.6 is 11.8 Å². The van der Waals surface area contributed by atoms with Gasteiger partial charge in [-0.25, -0.2) is 4.98 Å². The van der Waals surface area contributed by atoms with E-state index >= 15 is 0 Å². The Bertz CT molecular complexity index is 533. The molecular weight excluding hydrogens is 234 g/mol. The molecule has 1 aromatic carbocycles. The fourth-order valence-electron chi connectivity index (χ4n) is 2.02. The molecule has 0 saturated carbocycles. The average Bonchev–Trinajstić information content (AvgIpc) is 2.87. The Kier molecular flexibility index (Phi) is 2.55. The summed E-state index contributed by atoms with van der Waals surface area (Å²) in [4.78, 5) is 21.3. The van der Waals surface area contributed by atoms with Crippen LogP contribution in [0.25, 0.3) is 11.0 Å². The van der Waals surface area contributed by atoms with Crippen LogP contribution in [-0.2, 0) is 4.79 Å². The van der Waals surface area contributed by atoms with Crippen molar-refractivity contribution in [1.82, 2.24) is 14.9 Å². The summed E-state index contributed by atoms with van der Waals surface area (Å²) >= 11 is 1.53. The van der Waals surface area contributed by atoms with Gasteiger partial charge >= 0.3 is 0 Å². The number of aromatic nitrogens is 2. The van der Waals surface area contributed by atoms with E-state index in [4.69, 9.17) is 0 Å². The number of carbonyl (C=O) groups excluding carboxylic acids is 1. The molecule has 4 nitrogen and oxygen atoms in total. The number of para-hydroxylation sites is 2. The minimum atomic E-state index is 0.0144. The zero-order valence-corrected chi connectivity index (χ0v) is 10.3. The van der Waals surface area contributed by atoms with Crippen LogP contribution in [0.4, 0.5) is 0 Å². The van der Waals surface area contributed by atoms with Crippen molar-refractivity contribution in [2.75, 3.05) is 13.6 Å². The van der Waals surface area contributed by atoms with Crippen LogP contribution in [0, 0.1) is 0 Å². The lowest BCUT2D eigenvalue weighted by molar-refractivity contribution is -0.126. The SMILES string of the molecule is CN1CCC(Sc2nc3ccccc3[nH]2)C1=O. The van der Waals surface area contributed by atoms with Gasteiger partial charge in [-0.15, -0.1) is 0 Å². The Balaban J connectivity index is 1.83. The van der Waals surface area contributed by atoms with E-state index in [1.54, 1.807) is 4.90 Å². The third-order valence-electron chi connectivity index (χ3n) is 3.00. The number of hydrogen-bond donors (Lipinski definition) is 1. The highest BCUT2D eigenvalue weighted by Crippen LogP contribution is 2.29. The Morgan fingerprint density at radius 2 is 2.29 bits per heavy atom. The molecule has 0 spiro atoms. The van der Waals surface area contributed by atoms with Gasteiger partial charge in [-0.2, -0.15) is 0 Å². The first kappa shape index (κ1) is 10.7. The number of amides is 1. The number of imidazole rings is 1. The van der Waals surface area contributed by atoms with Crippen LogP contribution in [0.15, 0.2) is 29.4 Å². The van der Waals surface area contributed by atoms with Crippen LogP contribution in [0.2, 0.25) is 0 Å². The summed E-state index contributed by atoms with van der Waals surface area (Å²) in [5.74, 6) is 0.204. The Morgan fingerprint density at radius 3 is 3.00 bits per heavy atom. The lowest BCUT2D eigenvalue weighted by Crippen LogP contribution is -2.23. The number of H-pyrrole nitrogens is 1. The highest BCUT2D eigenvalue weighted by molar-refractivity contribution is 8.00. The maximum absolute atomic E-state index is 11.8. The number of aromatic amines is 1. The molecule has 1 atom stereocenters. The molecule has 2 aromatic rings. The zero-order chi connectivity index (χ0) is 11.8. The van der Waals surface area contributed by atoms with Gasteiger partial charge in [0.15, 0.2) is 5.16 Å². The molecule has 1 N–H and O–H groups in total. The molecule has 0 aliphatic carbocycles. The molecule has 2 heterocycles. The van der Waals surface area contributed by atoms with Crippen molar-refractivity contribution in [1.29, 1.82) is 0 Å². The van der Waals surface area contributed by atoms with Crippen LogP contribution in [0.3, 0.4) is 0 Å². The zero-order valence-electron chi connectivity index (χ0n) is 9.51. The van der Waals surface area contributed by atoms with Gasteiger partial charge in [0.25, 0.3) is 0 Å². The summed E-state index contributed by atoms with van der Waals surface area (Å²) in [6.07, 6.45) is 0.900. The van der Waals surface area contributed by atoms with Crippen molar-refractivity contribution in [2.24, 2.45) is 0 Å². The number of likely N-dealkylation sites (tertiary alicyclic amines) is 1. The third kappa shape index (κ3) is 1.91. The number of nitrogens with zero attached hydrogens (tertiary/aromatic N) is 2. The van der Waals surface area contributed by atoms with Gasteiger partial charge < -0.3 is 9.88 Å². The van der Waals surface area contributed by atoms with Crippen molar-refractivity contribution in [2.45, 2.75) is 16.8 Å². The van der Waals surface area contributed by atoms with E-state index in [9.17, 15) is 4.79 Å². The van der Waals surface area contributed by atoms with E-state index < -0.39 is 0 Å². The standard InChI is InChI=1S/C12H13N3OS/c1-15-7-6-10(11(15)16)17-12-13-8-4-2-3-5-9(8)14-12/h2-5,10H,6-7H2,1H3,(H,13,14). The summed E-state index contributed by atoms with van der Waals surface area (Å²) in [7, 11) is 1.85. The molecule has 1 aliphatic heterocycles. The minimum Gasteiger partial charge on any atom is -0.345 e. The van der Waals surface area contributed by atoms with E-state index in [0.717, 1.165) is 29.2 Å². The van der Waals surface area contributed by atoms with Crippen LogP contribution < -0.4 is 0 Å². The third-order valence-corrected chi connectivity index (χ3v) is 4.14. The van der Waals surface area contributed by atoms with E-state index in [2.05, 4.69) is 9.97 Å². The van der Waals surface area contributed by atoms with Gasteiger partial charge in [0.05, 0.1) is 16.3 Å². The predicted octanol–water partition coefficient (Wildman–Crippen LogP) is 1.89. The summed E-state index contributed by atoms with van der Waals surface area (Å²) in [5.41, 5.74) is 1.97. The van der Waals surface area contributed by atoms with E-state index in [1.807, 2.05) is 31.3 Å². The monoisotopic (exact) mass is 247 g/mol. The first-order chi connectivity index (χ1) is 8.24. The molecule has 88 valence electrons. The van der Waals surface area contributed by atoms with Crippen LogP contribution in [0.5, 0.6) is 0 Å². The van der Waals surface area contributed by atoms with Gasteiger partial charge in [0, 0.05) is 13.6 Å². The Morgan fingerprint density at radius 1 is 1.47 bits per heavy atom. The fourth-order valence-corrected chi connectivity index (χ4v) is 3.11.